The lowest BCUT2D eigenvalue weighted by molar-refractivity contribution is -0.132. The second-order valence-corrected chi connectivity index (χ2v) is 7.20. The van der Waals surface area contributed by atoms with Crippen LogP contribution in [0.3, 0.4) is 0 Å². The van der Waals surface area contributed by atoms with Crippen molar-refractivity contribution < 1.29 is 13.6 Å². The average molecular weight is 395 g/mol. The Morgan fingerprint density at radius 1 is 1.07 bits per heavy atom. The molecule has 29 heavy (non-hydrogen) atoms. The molecule has 0 radical (unpaired) electrons. The average Bonchev–Trinajstić information content (AvgIpc) is 3.09. The Kier molecular flexibility index (Phi) is 5.20. The van der Waals surface area contributed by atoms with Crippen LogP contribution in [0, 0.1) is 12.7 Å². The second-order valence-electron chi connectivity index (χ2n) is 7.20. The normalized spacial score (nSPS) is 14.3. The van der Waals surface area contributed by atoms with Crippen molar-refractivity contribution in [1.82, 2.24) is 9.47 Å². The molecule has 4 rings (SSSR count). The number of aryl methyl sites for hydroxylation is 1. The van der Waals surface area contributed by atoms with Crippen LogP contribution in [-0.4, -0.2) is 41.6 Å². The first-order chi connectivity index (χ1) is 14.0. The highest BCUT2D eigenvalue weighted by Crippen LogP contribution is 2.19. The van der Waals surface area contributed by atoms with Crippen molar-refractivity contribution in [3.8, 4) is 11.3 Å². The van der Waals surface area contributed by atoms with E-state index in [0.29, 0.717) is 24.4 Å². The maximum Gasteiger partial charge on any atom is 0.419 e. The van der Waals surface area contributed by atoms with E-state index in [1.165, 1.54) is 40.6 Å². The van der Waals surface area contributed by atoms with E-state index in [2.05, 4.69) is 30.0 Å². The van der Waals surface area contributed by atoms with Gasteiger partial charge >= 0.3 is 5.76 Å². The van der Waals surface area contributed by atoms with Crippen molar-refractivity contribution in [2.75, 3.05) is 31.1 Å². The zero-order valence-electron chi connectivity index (χ0n) is 16.2. The summed E-state index contributed by atoms with van der Waals surface area (Å²) in [6.45, 7) is 4.68. The van der Waals surface area contributed by atoms with Gasteiger partial charge in [-0.15, -0.1) is 0 Å². The standard InChI is InChI=1S/C22H22FN3O3/c1-16-3-2-4-19(13-16)24-9-11-25(12-10-24)21(27)15-26-14-20(29-22(26)28)17-5-7-18(23)8-6-17/h2-8,13-14H,9-12,15H2,1H3. The van der Waals surface area contributed by atoms with E-state index >= 15 is 0 Å². The fraction of sp³-hybridized carbons (Fsp3) is 0.273. The molecule has 1 amide bonds. The number of oxazole rings is 1. The van der Waals surface area contributed by atoms with Gasteiger partial charge in [-0.05, 0) is 48.9 Å². The van der Waals surface area contributed by atoms with Gasteiger partial charge < -0.3 is 14.2 Å². The molecule has 0 bridgehead atoms. The first-order valence-electron chi connectivity index (χ1n) is 9.55. The Bertz CT molecular complexity index is 1060. The number of benzene rings is 2. The monoisotopic (exact) mass is 395 g/mol. The van der Waals surface area contributed by atoms with E-state index in [1.807, 2.05) is 6.07 Å². The number of hydrogen-bond acceptors (Lipinski definition) is 4. The maximum atomic E-state index is 13.1. The van der Waals surface area contributed by atoms with Crippen LogP contribution < -0.4 is 10.7 Å². The van der Waals surface area contributed by atoms with Gasteiger partial charge in [-0.3, -0.25) is 9.36 Å². The van der Waals surface area contributed by atoms with Crippen LogP contribution in [0.5, 0.6) is 0 Å². The summed E-state index contributed by atoms with van der Waals surface area (Å²) >= 11 is 0. The number of rotatable bonds is 4. The van der Waals surface area contributed by atoms with Crippen LogP contribution >= 0.6 is 0 Å². The lowest BCUT2D eigenvalue weighted by Crippen LogP contribution is -2.50. The third kappa shape index (κ3) is 4.23. The summed E-state index contributed by atoms with van der Waals surface area (Å²) in [5.74, 6) is -0.777. The van der Waals surface area contributed by atoms with Crippen molar-refractivity contribution in [1.29, 1.82) is 0 Å². The summed E-state index contributed by atoms with van der Waals surface area (Å²) in [5.41, 5.74) is 2.95. The molecule has 2 heterocycles. The minimum atomic E-state index is -0.601. The first-order valence-corrected chi connectivity index (χ1v) is 9.55. The van der Waals surface area contributed by atoms with Gasteiger partial charge in [0.15, 0.2) is 5.76 Å². The predicted octanol–water partition coefficient (Wildman–Crippen LogP) is 2.90. The van der Waals surface area contributed by atoms with Gasteiger partial charge in [0.2, 0.25) is 5.91 Å². The van der Waals surface area contributed by atoms with E-state index in [0.717, 1.165) is 18.8 Å². The van der Waals surface area contributed by atoms with E-state index in [9.17, 15) is 14.0 Å². The van der Waals surface area contributed by atoms with Gasteiger partial charge in [0.25, 0.3) is 0 Å². The van der Waals surface area contributed by atoms with E-state index < -0.39 is 5.76 Å². The van der Waals surface area contributed by atoms with Crippen LogP contribution in [-0.2, 0) is 11.3 Å². The first kappa shape index (κ1) is 19.0. The number of hydrogen-bond donors (Lipinski definition) is 0. The molecule has 7 heteroatoms. The lowest BCUT2D eigenvalue weighted by Gasteiger charge is -2.36. The SMILES string of the molecule is Cc1cccc(N2CCN(C(=O)Cn3cc(-c4ccc(F)cc4)oc3=O)CC2)c1. The fourth-order valence-electron chi connectivity index (χ4n) is 3.52. The molecule has 150 valence electrons. The summed E-state index contributed by atoms with van der Waals surface area (Å²) < 4.78 is 19.5. The van der Waals surface area contributed by atoms with Crippen LogP contribution in [0.4, 0.5) is 10.1 Å². The predicted molar refractivity (Wildman–Crippen MR) is 108 cm³/mol. The van der Waals surface area contributed by atoms with Crippen molar-refractivity contribution in [2.24, 2.45) is 0 Å². The van der Waals surface area contributed by atoms with E-state index in [4.69, 9.17) is 4.42 Å². The van der Waals surface area contributed by atoms with Gasteiger partial charge in [-0.25, -0.2) is 9.18 Å². The molecule has 2 aromatic carbocycles. The molecular formula is C22H22FN3O3. The van der Waals surface area contributed by atoms with Crippen molar-refractivity contribution >= 4 is 11.6 Å². The Morgan fingerprint density at radius 3 is 2.48 bits per heavy atom. The van der Waals surface area contributed by atoms with Crippen molar-refractivity contribution in [3.63, 3.8) is 0 Å². The summed E-state index contributed by atoms with van der Waals surface area (Å²) in [6, 6.07) is 14.0. The van der Waals surface area contributed by atoms with Gasteiger partial charge in [0.1, 0.15) is 12.4 Å². The number of aromatic nitrogens is 1. The smallest absolute Gasteiger partial charge is 0.408 e. The topological polar surface area (TPSA) is 58.7 Å². The molecule has 1 aliphatic rings. The Morgan fingerprint density at radius 2 is 1.79 bits per heavy atom. The Labute approximate surface area is 167 Å². The van der Waals surface area contributed by atoms with Gasteiger partial charge in [-0.1, -0.05) is 12.1 Å². The molecule has 0 saturated carbocycles. The minimum Gasteiger partial charge on any atom is -0.408 e. The molecule has 0 atom stereocenters. The highest BCUT2D eigenvalue weighted by molar-refractivity contribution is 5.76. The van der Waals surface area contributed by atoms with E-state index in [-0.39, 0.29) is 18.3 Å². The number of nitrogens with zero attached hydrogens (tertiary/aromatic N) is 3. The highest BCUT2D eigenvalue weighted by atomic mass is 19.1. The molecular weight excluding hydrogens is 373 g/mol. The molecule has 0 N–H and O–H groups in total. The fourth-order valence-corrected chi connectivity index (χ4v) is 3.52. The molecule has 1 aromatic heterocycles. The van der Waals surface area contributed by atoms with Crippen molar-refractivity contribution in [2.45, 2.75) is 13.5 Å². The lowest BCUT2D eigenvalue weighted by atomic mass is 10.2. The minimum absolute atomic E-state index is 0.0754. The molecule has 1 saturated heterocycles. The third-order valence-electron chi connectivity index (χ3n) is 5.14. The molecule has 1 fully saturated rings. The quantitative estimate of drug-likeness (QED) is 0.682. The number of anilines is 1. The van der Waals surface area contributed by atoms with Crippen LogP contribution in [0.15, 0.2) is 63.9 Å². The van der Waals surface area contributed by atoms with Crippen molar-refractivity contribution in [3.05, 3.63) is 76.7 Å². The van der Waals surface area contributed by atoms with Crippen LogP contribution in [0.2, 0.25) is 0 Å². The van der Waals surface area contributed by atoms with Gasteiger partial charge in [-0.2, -0.15) is 0 Å². The maximum absolute atomic E-state index is 13.1. The largest absolute Gasteiger partial charge is 0.419 e. The highest BCUT2D eigenvalue weighted by Gasteiger charge is 2.22. The Hall–Kier alpha value is -3.35. The number of halogens is 1. The number of amides is 1. The van der Waals surface area contributed by atoms with Gasteiger partial charge in [0, 0.05) is 37.4 Å². The molecule has 0 unspecified atom stereocenters. The van der Waals surface area contributed by atoms with E-state index in [1.54, 1.807) is 4.90 Å². The van der Waals surface area contributed by atoms with Gasteiger partial charge in [0.05, 0.1) is 6.20 Å². The molecule has 1 aliphatic heterocycles. The summed E-state index contributed by atoms with van der Waals surface area (Å²) in [4.78, 5) is 28.8. The number of piperazine rings is 1. The summed E-state index contributed by atoms with van der Waals surface area (Å²) in [5, 5.41) is 0. The Balaban J connectivity index is 1.39. The zero-order chi connectivity index (χ0) is 20.4. The van der Waals surface area contributed by atoms with Crippen LogP contribution in [0.25, 0.3) is 11.3 Å². The number of carbonyl (C=O) groups is 1. The third-order valence-corrected chi connectivity index (χ3v) is 5.14. The second kappa shape index (κ2) is 7.95. The van der Waals surface area contributed by atoms with Crippen LogP contribution in [0.1, 0.15) is 5.56 Å². The number of carbonyl (C=O) groups excluding carboxylic acids is 1. The summed E-state index contributed by atoms with van der Waals surface area (Å²) in [7, 11) is 0. The molecule has 6 nitrogen and oxygen atoms in total. The molecule has 0 spiro atoms. The molecule has 0 aliphatic carbocycles. The summed E-state index contributed by atoms with van der Waals surface area (Å²) in [6.07, 6.45) is 1.50. The zero-order valence-corrected chi connectivity index (χ0v) is 16.2. The molecule has 3 aromatic rings.